The summed E-state index contributed by atoms with van der Waals surface area (Å²) < 4.78 is 5.44. The van der Waals surface area contributed by atoms with Crippen molar-refractivity contribution in [1.29, 1.82) is 0 Å². The summed E-state index contributed by atoms with van der Waals surface area (Å²) in [6, 6.07) is 14.6. The summed E-state index contributed by atoms with van der Waals surface area (Å²) in [6.45, 7) is 7.82. The van der Waals surface area contributed by atoms with E-state index in [9.17, 15) is 0 Å². The van der Waals surface area contributed by atoms with Gasteiger partial charge in [0.2, 0.25) is 0 Å². The fourth-order valence-electron chi connectivity index (χ4n) is 2.01. The van der Waals surface area contributed by atoms with Gasteiger partial charge in [-0.1, -0.05) is 24.3 Å². The molecule has 0 spiro atoms. The van der Waals surface area contributed by atoms with Crippen LogP contribution < -0.4 is 10.1 Å². The summed E-state index contributed by atoms with van der Waals surface area (Å²) in [7, 11) is 0. The fourth-order valence-corrected chi connectivity index (χ4v) is 2.01. The first-order valence-electron chi connectivity index (χ1n) is 6.72. The third-order valence-electron chi connectivity index (χ3n) is 3.32. The molecule has 100 valence electrons. The predicted octanol–water partition coefficient (Wildman–Crippen LogP) is 4.31. The van der Waals surface area contributed by atoms with E-state index in [1.165, 1.54) is 22.4 Å². The smallest absolute Gasteiger partial charge is 0.119 e. The second-order valence-corrected chi connectivity index (χ2v) is 4.68. The Morgan fingerprint density at radius 1 is 1.00 bits per heavy atom. The molecule has 0 aliphatic rings. The van der Waals surface area contributed by atoms with Crippen molar-refractivity contribution in [3.8, 4) is 5.75 Å². The first kappa shape index (κ1) is 13.5. The van der Waals surface area contributed by atoms with E-state index in [1.54, 1.807) is 0 Å². The number of aryl methyl sites for hydroxylation is 1. The lowest BCUT2D eigenvalue weighted by atomic mass is 10.1. The molecule has 2 heteroatoms. The number of anilines is 1. The summed E-state index contributed by atoms with van der Waals surface area (Å²) in [5.41, 5.74) is 5.09. The van der Waals surface area contributed by atoms with Gasteiger partial charge in [0.05, 0.1) is 6.61 Å². The van der Waals surface area contributed by atoms with E-state index in [0.717, 1.165) is 12.3 Å². The Morgan fingerprint density at radius 2 is 1.74 bits per heavy atom. The van der Waals surface area contributed by atoms with Crippen LogP contribution in [0.1, 0.15) is 23.6 Å². The molecule has 0 atom stereocenters. The van der Waals surface area contributed by atoms with Crippen molar-refractivity contribution in [2.75, 3.05) is 11.9 Å². The molecule has 2 aromatic rings. The predicted molar refractivity (Wildman–Crippen MR) is 80.9 cm³/mol. The number of benzene rings is 2. The lowest BCUT2D eigenvalue weighted by Gasteiger charge is -2.12. The van der Waals surface area contributed by atoms with Crippen LogP contribution in [0.25, 0.3) is 0 Å². The van der Waals surface area contributed by atoms with Crippen molar-refractivity contribution in [1.82, 2.24) is 0 Å². The molecular weight excluding hydrogens is 234 g/mol. The number of hydrogen-bond acceptors (Lipinski definition) is 2. The molecule has 0 unspecified atom stereocenters. The summed E-state index contributed by atoms with van der Waals surface area (Å²) in [5.74, 6) is 0.929. The minimum atomic E-state index is 0.708. The van der Waals surface area contributed by atoms with Gasteiger partial charge >= 0.3 is 0 Å². The van der Waals surface area contributed by atoms with Crippen molar-refractivity contribution >= 4 is 5.69 Å². The Kier molecular flexibility index (Phi) is 4.45. The van der Waals surface area contributed by atoms with Crippen molar-refractivity contribution in [2.24, 2.45) is 0 Å². The normalized spacial score (nSPS) is 10.3. The monoisotopic (exact) mass is 255 g/mol. The Hall–Kier alpha value is -1.96. The van der Waals surface area contributed by atoms with E-state index < -0.39 is 0 Å². The molecule has 2 aromatic carbocycles. The summed E-state index contributed by atoms with van der Waals surface area (Å²) in [6.07, 6.45) is 0. The molecule has 2 nitrogen and oxygen atoms in total. The van der Waals surface area contributed by atoms with Gasteiger partial charge in [-0.2, -0.15) is 0 Å². The lowest BCUT2D eigenvalue weighted by Crippen LogP contribution is -2.02. The van der Waals surface area contributed by atoms with Crippen LogP contribution in [0.2, 0.25) is 0 Å². The maximum atomic E-state index is 5.44. The Balaban J connectivity index is 2.00. The Labute approximate surface area is 115 Å². The van der Waals surface area contributed by atoms with Gasteiger partial charge in [0.25, 0.3) is 0 Å². The highest BCUT2D eigenvalue weighted by atomic mass is 16.5. The van der Waals surface area contributed by atoms with Crippen molar-refractivity contribution in [2.45, 2.75) is 27.3 Å². The van der Waals surface area contributed by atoms with E-state index in [4.69, 9.17) is 4.74 Å². The topological polar surface area (TPSA) is 21.3 Å². The molecule has 1 N–H and O–H groups in total. The maximum absolute atomic E-state index is 5.44. The summed E-state index contributed by atoms with van der Waals surface area (Å²) >= 11 is 0. The van der Waals surface area contributed by atoms with Crippen LogP contribution >= 0.6 is 0 Å². The van der Waals surface area contributed by atoms with E-state index in [2.05, 4.69) is 49.5 Å². The van der Waals surface area contributed by atoms with E-state index >= 15 is 0 Å². The summed E-state index contributed by atoms with van der Waals surface area (Å²) in [5, 5.41) is 3.48. The highest BCUT2D eigenvalue weighted by Crippen LogP contribution is 2.19. The average molecular weight is 255 g/mol. The standard InChI is InChI=1S/C17H21NO/c1-4-19-16-10-8-15(9-11-16)12-18-17-7-5-6-13(2)14(17)3/h5-11,18H,4,12H2,1-3H3. The molecule has 0 bridgehead atoms. The first-order valence-corrected chi connectivity index (χ1v) is 6.72. The molecule has 0 fully saturated rings. The molecule has 2 rings (SSSR count). The van der Waals surface area contributed by atoms with Crippen LogP contribution in [0, 0.1) is 13.8 Å². The molecule has 0 aromatic heterocycles. The van der Waals surface area contributed by atoms with Gasteiger partial charge in [0, 0.05) is 12.2 Å². The molecule has 0 amide bonds. The number of nitrogens with one attached hydrogen (secondary N) is 1. The van der Waals surface area contributed by atoms with Gasteiger partial charge in [-0.05, 0) is 55.7 Å². The van der Waals surface area contributed by atoms with Gasteiger partial charge in [0.15, 0.2) is 0 Å². The van der Waals surface area contributed by atoms with Crippen LogP contribution in [-0.2, 0) is 6.54 Å². The minimum Gasteiger partial charge on any atom is -0.494 e. The zero-order valence-corrected chi connectivity index (χ0v) is 11.9. The number of rotatable bonds is 5. The van der Waals surface area contributed by atoms with Crippen LogP contribution in [-0.4, -0.2) is 6.61 Å². The lowest BCUT2D eigenvalue weighted by molar-refractivity contribution is 0.340. The van der Waals surface area contributed by atoms with Crippen LogP contribution in [0.3, 0.4) is 0 Å². The Bertz CT molecular complexity index is 531. The van der Waals surface area contributed by atoms with E-state index in [-0.39, 0.29) is 0 Å². The number of hydrogen-bond donors (Lipinski definition) is 1. The molecule has 0 radical (unpaired) electrons. The molecule has 0 aliphatic heterocycles. The maximum Gasteiger partial charge on any atom is 0.119 e. The Morgan fingerprint density at radius 3 is 2.42 bits per heavy atom. The molecular formula is C17H21NO. The number of ether oxygens (including phenoxy) is 1. The molecule has 0 heterocycles. The highest BCUT2D eigenvalue weighted by Gasteiger charge is 2.00. The van der Waals surface area contributed by atoms with Crippen molar-refractivity contribution in [3.05, 3.63) is 59.2 Å². The van der Waals surface area contributed by atoms with Gasteiger partial charge in [-0.3, -0.25) is 0 Å². The van der Waals surface area contributed by atoms with Crippen LogP contribution in [0.4, 0.5) is 5.69 Å². The zero-order chi connectivity index (χ0) is 13.7. The van der Waals surface area contributed by atoms with Crippen molar-refractivity contribution < 1.29 is 4.74 Å². The third-order valence-corrected chi connectivity index (χ3v) is 3.32. The largest absolute Gasteiger partial charge is 0.494 e. The van der Waals surface area contributed by atoms with Crippen LogP contribution in [0.15, 0.2) is 42.5 Å². The van der Waals surface area contributed by atoms with Crippen molar-refractivity contribution in [3.63, 3.8) is 0 Å². The first-order chi connectivity index (χ1) is 9.20. The van der Waals surface area contributed by atoms with Gasteiger partial charge in [0.1, 0.15) is 5.75 Å². The molecule has 19 heavy (non-hydrogen) atoms. The van der Waals surface area contributed by atoms with Gasteiger partial charge in [-0.15, -0.1) is 0 Å². The second-order valence-electron chi connectivity index (χ2n) is 4.68. The fraction of sp³-hybridized carbons (Fsp3) is 0.294. The third kappa shape index (κ3) is 3.50. The molecule has 0 saturated heterocycles. The van der Waals surface area contributed by atoms with Gasteiger partial charge < -0.3 is 10.1 Å². The average Bonchev–Trinajstić information content (AvgIpc) is 2.42. The van der Waals surface area contributed by atoms with E-state index in [0.29, 0.717) is 6.61 Å². The SMILES string of the molecule is CCOc1ccc(CNc2cccc(C)c2C)cc1. The summed E-state index contributed by atoms with van der Waals surface area (Å²) in [4.78, 5) is 0. The minimum absolute atomic E-state index is 0.708. The zero-order valence-electron chi connectivity index (χ0n) is 11.9. The van der Waals surface area contributed by atoms with Crippen LogP contribution in [0.5, 0.6) is 5.75 Å². The molecule has 0 saturated carbocycles. The highest BCUT2D eigenvalue weighted by molar-refractivity contribution is 5.53. The molecule has 0 aliphatic carbocycles. The van der Waals surface area contributed by atoms with Gasteiger partial charge in [-0.25, -0.2) is 0 Å². The second kappa shape index (κ2) is 6.28. The quantitative estimate of drug-likeness (QED) is 0.859. The van der Waals surface area contributed by atoms with E-state index in [1.807, 2.05) is 19.1 Å².